The minimum Gasteiger partial charge on any atom is -0.363 e. The second-order valence-electron chi connectivity index (χ2n) is 5.55. The van der Waals surface area contributed by atoms with E-state index in [1.54, 1.807) is 0 Å². The van der Waals surface area contributed by atoms with Crippen LogP contribution in [-0.4, -0.2) is 42.0 Å². The fourth-order valence-corrected chi connectivity index (χ4v) is 2.99. The molecular weight excluding hydrogens is 381 g/mol. The Bertz CT molecular complexity index is 825. The number of anilines is 1. The minimum absolute atomic E-state index is 0.0477. The molecule has 4 nitrogen and oxygen atoms in total. The molecule has 0 bridgehead atoms. The number of nitrogens with zero attached hydrogens (tertiary/aromatic N) is 3. The lowest BCUT2D eigenvalue weighted by atomic mass is 10.1. The molecule has 1 aromatic carbocycles. The molecule has 0 unspecified atom stereocenters. The number of carbonyl (C=O) groups is 1. The van der Waals surface area contributed by atoms with Gasteiger partial charge in [-0.2, -0.15) is 22.5 Å². The van der Waals surface area contributed by atoms with E-state index in [1.165, 1.54) is 17.0 Å². The van der Waals surface area contributed by atoms with Gasteiger partial charge in [-0.1, -0.05) is 17.7 Å². The second kappa shape index (κ2) is 7.06. The standard InChI is InChI=1S/C16H11ClF5N3O/c17-8-2-1-3-9(18)10(8)16(26)25-6-4-24(5-7-25)13-11(19)14(21)23-15(22)12(13)20/h1-3H,4-7H2. The van der Waals surface area contributed by atoms with Crippen molar-refractivity contribution in [2.45, 2.75) is 0 Å². The third-order valence-corrected chi connectivity index (χ3v) is 4.35. The van der Waals surface area contributed by atoms with Gasteiger partial charge in [-0.05, 0) is 12.1 Å². The van der Waals surface area contributed by atoms with Crippen LogP contribution in [0.3, 0.4) is 0 Å². The number of hydrogen-bond donors (Lipinski definition) is 0. The number of hydrogen-bond acceptors (Lipinski definition) is 3. The zero-order valence-electron chi connectivity index (χ0n) is 13.1. The summed E-state index contributed by atoms with van der Waals surface area (Å²) in [4.78, 5) is 17.2. The van der Waals surface area contributed by atoms with Gasteiger partial charge in [-0.3, -0.25) is 4.79 Å². The van der Waals surface area contributed by atoms with Crippen LogP contribution in [0.4, 0.5) is 27.6 Å². The zero-order valence-corrected chi connectivity index (χ0v) is 13.8. The van der Waals surface area contributed by atoms with Crippen molar-refractivity contribution in [3.05, 3.63) is 58.1 Å². The van der Waals surface area contributed by atoms with Crippen molar-refractivity contribution in [1.82, 2.24) is 9.88 Å². The number of halogens is 6. The maximum atomic E-state index is 13.9. The Labute approximate surface area is 149 Å². The van der Waals surface area contributed by atoms with Gasteiger partial charge in [-0.25, -0.2) is 4.39 Å². The highest BCUT2D eigenvalue weighted by molar-refractivity contribution is 6.33. The third-order valence-electron chi connectivity index (χ3n) is 4.03. The molecule has 1 amide bonds. The molecule has 2 aromatic rings. The quantitative estimate of drug-likeness (QED) is 0.581. The summed E-state index contributed by atoms with van der Waals surface area (Å²) in [5.41, 5.74) is -1.19. The van der Waals surface area contributed by atoms with Crippen molar-refractivity contribution in [3.63, 3.8) is 0 Å². The van der Waals surface area contributed by atoms with Crippen molar-refractivity contribution >= 4 is 23.2 Å². The molecule has 1 saturated heterocycles. The van der Waals surface area contributed by atoms with Crippen molar-refractivity contribution in [2.24, 2.45) is 0 Å². The normalized spacial score (nSPS) is 14.7. The maximum absolute atomic E-state index is 13.9. The number of pyridine rings is 1. The molecule has 0 spiro atoms. The Balaban J connectivity index is 1.79. The summed E-state index contributed by atoms with van der Waals surface area (Å²) in [6, 6.07) is 3.80. The molecule has 1 aliphatic rings. The first-order valence-corrected chi connectivity index (χ1v) is 7.87. The number of aromatic nitrogens is 1. The summed E-state index contributed by atoms with van der Waals surface area (Å²) in [5, 5.41) is -0.0622. The Morgan fingerprint density at radius 2 is 1.54 bits per heavy atom. The topological polar surface area (TPSA) is 36.4 Å². The van der Waals surface area contributed by atoms with Crippen molar-refractivity contribution in [2.75, 3.05) is 31.1 Å². The highest BCUT2D eigenvalue weighted by Gasteiger charge is 2.30. The van der Waals surface area contributed by atoms with Gasteiger partial charge >= 0.3 is 0 Å². The second-order valence-corrected chi connectivity index (χ2v) is 5.95. The lowest BCUT2D eigenvalue weighted by Crippen LogP contribution is -2.49. The minimum atomic E-state index is -1.75. The van der Waals surface area contributed by atoms with Gasteiger partial charge in [0.15, 0.2) is 0 Å². The van der Waals surface area contributed by atoms with Crippen LogP contribution < -0.4 is 4.90 Å². The fraction of sp³-hybridized carbons (Fsp3) is 0.250. The number of amides is 1. The van der Waals surface area contributed by atoms with Crippen LogP contribution in [0.1, 0.15) is 10.4 Å². The molecule has 0 N–H and O–H groups in total. The number of carbonyl (C=O) groups excluding carboxylic acids is 1. The molecule has 1 aromatic heterocycles. The zero-order chi connectivity index (χ0) is 19.0. The van der Waals surface area contributed by atoms with Crippen LogP contribution in [0.25, 0.3) is 0 Å². The molecule has 1 aliphatic heterocycles. The van der Waals surface area contributed by atoms with Crippen molar-refractivity contribution < 1.29 is 26.7 Å². The summed E-state index contributed by atoms with van der Waals surface area (Å²) in [5.74, 6) is -8.20. The van der Waals surface area contributed by atoms with Gasteiger partial charge in [0.25, 0.3) is 17.8 Å². The monoisotopic (exact) mass is 391 g/mol. The summed E-state index contributed by atoms with van der Waals surface area (Å²) >= 11 is 5.86. The molecule has 0 saturated carbocycles. The highest BCUT2D eigenvalue weighted by Crippen LogP contribution is 2.28. The molecule has 0 aliphatic carbocycles. The molecule has 2 heterocycles. The molecule has 138 valence electrons. The molecule has 0 radical (unpaired) electrons. The molecule has 1 fully saturated rings. The van der Waals surface area contributed by atoms with Gasteiger partial charge < -0.3 is 9.80 Å². The van der Waals surface area contributed by atoms with Crippen LogP contribution in [0, 0.1) is 29.3 Å². The highest BCUT2D eigenvalue weighted by atomic mass is 35.5. The first-order chi connectivity index (χ1) is 12.3. The van der Waals surface area contributed by atoms with E-state index in [0.29, 0.717) is 0 Å². The first kappa shape index (κ1) is 18.4. The summed E-state index contributed by atoms with van der Waals surface area (Å²) < 4.78 is 68.0. The van der Waals surface area contributed by atoms with Crippen molar-refractivity contribution in [3.8, 4) is 0 Å². The average Bonchev–Trinajstić information content (AvgIpc) is 2.60. The average molecular weight is 392 g/mol. The van der Waals surface area contributed by atoms with Crippen LogP contribution in [0.15, 0.2) is 18.2 Å². The molecule has 26 heavy (non-hydrogen) atoms. The number of piperazine rings is 1. The van der Waals surface area contributed by atoms with E-state index in [1.807, 2.05) is 0 Å². The van der Waals surface area contributed by atoms with Gasteiger partial charge in [0.05, 0.1) is 10.6 Å². The van der Waals surface area contributed by atoms with Gasteiger partial charge in [0, 0.05) is 26.2 Å². The first-order valence-electron chi connectivity index (χ1n) is 7.49. The largest absolute Gasteiger partial charge is 0.363 e. The van der Waals surface area contributed by atoms with Crippen LogP contribution in [0.2, 0.25) is 5.02 Å². The smallest absolute Gasteiger partial charge is 0.258 e. The van der Waals surface area contributed by atoms with E-state index >= 15 is 0 Å². The van der Waals surface area contributed by atoms with E-state index in [4.69, 9.17) is 11.6 Å². The van der Waals surface area contributed by atoms with Crippen LogP contribution in [0.5, 0.6) is 0 Å². The van der Waals surface area contributed by atoms with Crippen molar-refractivity contribution in [1.29, 1.82) is 0 Å². The van der Waals surface area contributed by atoms with Crippen LogP contribution >= 0.6 is 11.6 Å². The van der Waals surface area contributed by atoms with Crippen LogP contribution in [-0.2, 0) is 0 Å². The lowest BCUT2D eigenvalue weighted by molar-refractivity contribution is 0.0741. The fourth-order valence-electron chi connectivity index (χ4n) is 2.75. The third kappa shape index (κ3) is 3.18. The molecule has 3 rings (SSSR count). The molecule has 10 heteroatoms. The number of rotatable bonds is 2. The summed E-state index contributed by atoms with van der Waals surface area (Å²) in [6.45, 7) is -0.328. The SMILES string of the molecule is O=C(c1c(F)cccc1Cl)N1CCN(c2c(F)c(F)nc(F)c2F)CC1. The van der Waals surface area contributed by atoms with Gasteiger partial charge in [0.1, 0.15) is 11.5 Å². The Morgan fingerprint density at radius 1 is 0.962 bits per heavy atom. The Kier molecular flexibility index (Phi) is 4.99. The van der Waals surface area contributed by atoms with E-state index in [9.17, 15) is 26.7 Å². The van der Waals surface area contributed by atoms with Gasteiger partial charge in [0.2, 0.25) is 11.6 Å². The number of benzene rings is 1. The molecular formula is C16H11ClF5N3O. The maximum Gasteiger partial charge on any atom is 0.258 e. The predicted octanol–water partition coefficient (Wildman–Crippen LogP) is 3.39. The lowest BCUT2D eigenvalue weighted by Gasteiger charge is -2.36. The van der Waals surface area contributed by atoms with E-state index < -0.39 is 40.9 Å². The Morgan fingerprint density at radius 3 is 2.08 bits per heavy atom. The molecule has 0 atom stereocenters. The summed E-state index contributed by atoms with van der Waals surface area (Å²) in [7, 11) is 0. The Hall–Kier alpha value is -2.42. The van der Waals surface area contributed by atoms with E-state index in [-0.39, 0.29) is 36.8 Å². The van der Waals surface area contributed by atoms with E-state index in [2.05, 4.69) is 4.98 Å². The summed E-state index contributed by atoms with van der Waals surface area (Å²) in [6.07, 6.45) is 0. The van der Waals surface area contributed by atoms with Gasteiger partial charge in [-0.15, -0.1) is 0 Å². The van der Waals surface area contributed by atoms with E-state index in [0.717, 1.165) is 11.0 Å². The predicted molar refractivity (Wildman–Crippen MR) is 83.6 cm³/mol.